The fourth-order valence-electron chi connectivity index (χ4n) is 4.08. The second-order valence-electron chi connectivity index (χ2n) is 8.60. The van der Waals surface area contributed by atoms with E-state index in [-0.39, 0.29) is 17.4 Å². The van der Waals surface area contributed by atoms with Crippen molar-refractivity contribution in [1.29, 1.82) is 0 Å². The van der Waals surface area contributed by atoms with Crippen molar-refractivity contribution in [2.24, 2.45) is 5.92 Å². The zero-order valence-corrected chi connectivity index (χ0v) is 19.2. The smallest absolute Gasteiger partial charge is 0.266 e. The van der Waals surface area contributed by atoms with Crippen LogP contribution in [-0.4, -0.2) is 20.4 Å². The average molecular weight is 462 g/mol. The van der Waals surface area contributed by atoms with Crippen molar-refractivity contribution in [3.05, 3.63) is 93.4 Å². The highest BCUT2D eigenvalue weighted by Gasteiger charge is 2.37. The number of carbonyl (C=O) groups excluding carboxylic acids is 1. The van der Waals surface area contributed by atoms with Crippen LogP contribution in [0, 0.1) is 12.8 Å². The van der Waals surface area contributed by atoms with Gasteiger partial charge in [0.05, 0.1) is 35.4 Å². The number of hydrogen-bond donors (Lipinski definition) is 0. The first-order valence-corrected chi connectivity index (χ1v) is 11.4. The van der Waals surface area contributed by atoms with E-state index in [0.29, 0.717) is 39.7 Å². The Hall–Kier alpha value is -3.38. The van der Waals surface area contributed by atoms with Crippen LogP contribution in [0.5, 0.6) is 0 Å². The zero-order valence-electron chi connectivity index (χ0n) is 18.5. The minimum atomic E-state index is -0.472. The second-order valence-corrected chi connectivity index (χ2v) is 9.04. The summed E-state index contributed by atoms with van der Waals surface area (Å²) in [6, 6.07) is 16.0. The number of aryl methyl sites for hydroxylation is 1. The van der Waals surface area contributed by atoms with E-state index in [1.54, 1.807) is 40.0 Å². The van der Waals surface area contributed by atoms with Crippen LogP contribution in [0.4, 0.5) is 0 Å². The number of nitrogens with zero attached hydrogens (tertiary/aromatic N) is 3. The zero-order chi connectivity index (χ0) is 23.1. The number of fused-ring (bicyclic) bond motifs is 1. The molecule has 6 nitrogen and oxygen atoms in total. The number of benzene rings is 2. The number of carbonyl (C=O) groups is 1. The van der Waals surface area contributed by atoms with E-state index in [1.165, 1.54) is 0 Å². The van der Waals surface area contributed by atoms with Crippen LogP contribution in [0.15, 0.2) is 70.1 Å². The van der Waals surface area contributed by atoms with Crippen LogP contribution < -0.4 is 5.56 Å². The topological polar surface area (TPSA) is 68.3 Å². The summed E-state index contributed by atoms with van der Waals surface area (Å²) < 4.78 is 7.14. The highest BCUT2D eigenvalue weighted by atomic mass is 35.5. The Balaban J connectivity index is 1.70. The van der Waals surface area contributed by atoms with Gasteiger partial charge in [0, 0.05) is 10.9 Å². The third-order valence-electron chi connectivity index (χ3n) is 6.11. The van der Waals surface area contributed by atoms with Gasteiger partial charge in [0.15, 0.2) is 0 Å². The van der Waals surface area contributed by atoms with Crippen molar-refractivity contribution in [2.45, 2.75) is 39.3 Å². The molecule has 1 fully saturated rings. The van der Waals surface area contributed by atoms with Gasteiger partial charge in [0.2, 0.25) is 5.91 Å². The average Bonchev–Trinajstić information content (AvgIpc) is 3.53. The molecule has 2 heterocycles. The Kier molecular flexibility index (Phi) is 5.54. The fourth-order valence-corrected chi connectivity index (χ4v) is 4.25. The molecule has 0 aliphatic heterocycles. The molecule has 5 rings (SSSR count). The molecule has 0 spiro atoms. The maximum absolute atomic E-state index is 13.7. The lowest BCUT2D eigenvalue weighted by atomic mass is 10.1. The Bertz CT molecular complexity index is 1370. The molecule has 1 aliphatic carbocycles. The van der Waals surface area contributed by atoms with Gasteiger partial charge in [-0.1, -0.05) is 29.3 Å². The molecule has 2 aromatic heterocycles. The highest BCUT2D eigenvalue weighted by Crippen LogP contribution is 2.35. The minimum absolute atomic E-state index is 0.0110. The van der Waals surface area contributed by atoms with E-state index in [4.69, 9.17) is 21.0 Å². The van der Waals surface area contributed by atoms with Crippen LogP contribution in [0.1, 0.15) is 43.0 Å². The third kappa shape index (κ3) is 4.18. The number of halogens is 1. The van der Waals surface area contributed by atoms with Gasteiger partial charge in [-0.05, 0) is 69.2 Å². The Labute approximate surface area is 196 Å². The molecule has 1 saturated carbocycles. The van der Waals surface area contributed by atoms with Gasteiger partial charge in [0.1, 0.15) is 11.6 Å². The van der Waals surface area contributed by atoms with Crippen molar-refractivity contribution in [1.82, 2.24) is 14.5 Å². The van der Waals surface area contributed by atoms with Gasteiger partial charge in [-0.25, -0.2) is 4.98 Å². The van der Waals surface area contributed by atoms with E-state index < -0.39 is 6.04 Å². The number of aromatic nitrogens is 2. The summed E-state index contributed by atoms with van der Waals surface area (Å²) in [6.45, 7) is 4.21. The van der Waals surface area contributed by atoms with Crippen molar-refractivity contribution < 1.29 is 9.21 Å². The summed E-state index contributed by atoms with van der Waals surface area (Å²) in [5.41, 5.74) is 2.10. The molecule has 0 saturated heterocycles. The summed E-state index contributed by atoms with van der Waals surface area (Å²) in [7, 11) is 0. The number of furan rings is 1. The predicted molar refractivity (Wildman–Crippen MR) is 127 cm³/mol. The normalized spacial score (nSPS) is 14.4. The van der Waals surface area contributed by atoms with Crippen molar-refractivity contribution in [3.63, 3.8) is 0 Å². The minimum Gasteiger partial charge on any atom is -0.467 e. The van der Waals surface area contributed by atoms with E-state index >= 15 is 0 Å². The van der Waals surface area contributed by atoms with Crippen molar-refractivity contribution in [2.75, 3.05) is 0 Å². The van der Waals surface area contributed by atoms with Crippen molar-refractivity contribution in [3.8, 4) is 5.69 Å². The van der Waals surface area contributed by atoms with E-state index in [0.717, 1.165) is 18.4 Å². The summed E-state index contributed by atoms with van der Waals surface area (Å²) in [5.74, 6) is 1.23. The van der Waals surface area contributed by atoms with Gasteiger partial charge in [-0.2, -0.15) is 0 Å². The first kappa shape index (κ1) is 21.5. The number of amides is 1. The maximum Gasteiger partial charge on any atom is 0.266 e. The summed E-state index contributed by atoms with van der Waals surface area (Å²) in [4.78, 5) is 33.6. The van der Waals surface area contributed by atoms with E-state index in [2.05, 4.69) is 0 Å². The highest BCUT2D eigenvalue weighted by molar-refractivity contribution is 6.31. The molecule has 1 atom stereocenters. The van der Waals surface area contributed by atoms with Gasteiger partial charge in [0.25, 0.3) is 5.56 Å². The molecule has 0 bridgehead atoms. The standard InChI is InChI=1S/C26H24ClN3O3/c1-16-5-10-20(11-6-16)30-24(28-23-14-19(27)9-12-22(23)26(30)32)17(2)29(25(31)18-7-8-18)15-21-4-3-13-33-21/h3-6,9-14,17-18H,7-8,15H2,1-2H3. The lowest BCUT2D eigenvalue weighted by Crippen LogP contribution is -2.37. The van der Waals surface area contributed by atoms with Gasteiger partial charge >= 0.3 is 0 Å². The van der Waals surface area contributed by atoms with Crippen LogP contribution in [0.25, 0.3) is 16.6 Å². The maximum atomic E-state index is 13.7. The Morgan fingerprint density at radius 2 is 1.97 bits per heavy atom. The first-order valence-electron chi connectivity index (χ1n) is 11.0. The molecule has 33 heavy (non-hydrogen) atoms. The first-order chi connectivity index (χ1) is 15.9. The molecule has 7 heteroatoms. The monoisotopic (exact) mass is 461 g/mol. The molecule has 2 aromatic carbocycles. The van der Waals surface area contributed by atoms with Gasteiger partial charge in [-0.3, -0.25) is 14.2 Å². The second kappa shape index (κ2) is 8.52. The SMILES string of the molecule is Cc1ccc(-n2c(C(C)N(Cc3ccco3)C(=O)C3CC3)nc3cc(Cl)ccc3c2=O)cc1. The third-order valence-corrected chi connectivity index (χ3v) is 6.34. The lowest BCUT2D eigenvalue weighted by Gasteiger charge is -2.30. The van der Waals surface area contributed by atoms with Crippen LogP contribution in [0.3, 0.4) is 0 Å². The molecule has 4 aromatic rings. The summed E-state index contributed by atoms with van der Waals surface area (Å²) in [5, 5.41) is 0.976. The van der Waals surface area contributed by atoms with E-state index in [9.17, 15) is 9.59 Å². The largest absolute Gasteiger partial charge is 0.467 e. The molecule has 1 unspecified atom stereocenters. The van der Waals surface area contributed by atoms with Crippen LogP contribution in [0.2, 0.25) is 5.02 Å². The van der Waals surface area contributed by atoms with Crippen molar-refractivity contribution >= 4 is 28.4 Å². The quantitative estimate of drug-likeness (QED) is 0.383. The molecule has 168 valence electrons. The Morgan fingerprint density at radius 1 is 1.21 bits per heavy atom. The number of rotatable bonds is 6. The predicted octanol–water partition coefficient (Wildman–Crippen LogP) is 5.44. The molecule has 1 aliphatic rings. The molecule has 0 N–H and O–H groups in total. The molecule has 0 radical (unpaired) electrons. The van der Waals surface area contributed by atoms with Gasteiger partial charge in [-0.15, -0.1) is 0 Å². The van der Waals surface area contributed by atoms with E-state index in [1.807, 2.05) is 44.2 Å². The molecule has 1 amide bonds. The van der Waals surface area contributed by atoms with Crippen LogP contribution in [-0.2, 0) is 11.3 Å². The van der Waals surface area contributed by atoms with Crippen LogP contribution >= 0.6 is 11.6 Å². The lowest BCUT2D eigenvalue weighted by molar-refractivity contribution is -0.136. The molecular formula is C26H24ClN3O3. The number of hydrogen-bond acceptors (Lipinski definition) is 4. The summed E-state index contributed by atoms with van der Waals surface area (Å²) >= 11 is 6.21. The van der Waals surface area contributed by atoms with Gasteiger partial charge < -0.3 is 9.32 Å². The fraction of sp³-hybridized carbons (Fsp3) is 0.269. The molecular weight excluding hydrogens is 438 g/mol. The Morgan fingerprint density at radius 3 is 2.64 bits per heavy atom. The summed E-state index contributed by atoms with van der Waals surface area (Å²) in [6.07, 6.45) is 3.36.